The van der Waals surface area contributed by atoms with Gasteiger partial charge in [-0.2, -0.15) is 15.3 Å². The topological polar surface area (TPSA) is 95.7 Å². The van der Waals surface area contributed by atoms with Crippen LogP contribution in [0.4, 0.5) is 23.2 Å². The summed E-state index contributed by atoms with van der Waals surface area (Å²) in [6, 6.07) is 3.40. The fraction of sp³-hybridized carbons (Fsp3) is 0.300. The van der Waals surface area contributed by atoms with Crippen LogP contribution in [0.1, 0.15) is 53.0 Å². The Labute approximate surface area is 184 Å². The number of anilines is 1. The fourth-order valence-electron chi connectivity index (χ4n) is 3.15. The molecule has 0 saturated carbocycles. The van der Waals surface area contributed by atoms with Crippen molar-refractivity contribution >= 4 is 11.6 Å². The van der Waals surface area contributed by atoms with E-state index >= 15 is 0 Å². The summed E-state index contributed by atoms with van der Waals surface area (Å²) in [5.74, 6) is -0.557. The van der Waals surface area contributed by atoms with Gasteiger partial charge in [0.25, 0.3) is 18.8 Å². The van der Waals surface area contributed by atoms with E-state index in [4.69, 9.17) is 4.42 Å². The van der Waals surface area contributed by atoms with Crippen LogP contribution >= 0.6 is 0 Å². The number of hydrogen-bond acceptors (Lipinski definition) is 5. The van der Waals surface area contributed by atoms with Crippen molar-refractivity contribution in [1.29, 1.82) is 0 Å². The lowest BCUT2D eigenvalue weighted by molar-refractivity contribution is 0.0994. The third-order valence-corrected chi connectivity index (χ3v) is 4.71. The van der Waals surface area contributed by atoms with Gasteiger partial charge in [0.05, 0.1) is 31.2 Å². The average Bonchev–Trinajstić information content (AvgIpc) is 3.55. The second-order valence-electron chi connectivity index (χ2n) is 7.10. The number of carbonyl (C=O) groups excluding carboxylic acids is 1. The molecule has 0 unspecified atom stereocenters. The summed E-state index contributed by atoms with van der Waals surface area (Å²) >= 11 is 0. The van der Waals surface area contributed by atoms with Crippen molar-refractivity contribution in [3.05, 3.63) is 71.5 Å². The van der Waals surface area contributed by atoms with E-state index in [1.165, 1.54) is 18.3 Å². The number of alkyl halides is 4. The monoisotopic (exact) mass is 465 g/mol. The van der Waals surface area contributed by atoms with E-state index in [1.807, 2.05) is 13.1 Å². The lowest BCUT2D eigenvalue weighted by atomic mass is 10.3. The molecule has 1 N–H and O–H groups in total. The number of rotatable bonds is 9. The lowest BCUT2D eigenvalue weighted by Gasteiger charge is -2.04. The van der Waals surface area contributed by atoms with Crippen LogP contribution in [0, 0.1) is 0 Å². The van der Waals surface area contributed by atoms with Gasteiger partial charge in [-0.3, -0.25) is 18.8 Å². The van der Waals surface area contributed by atoms with E-state index in [2.05, 4.69) is 20.6 Å². The van der Waals surface area contributed by atoms with Gasteiger partial charge in [0.1, 0.15) is 17.1 Å². The highest BCUT2D eigenvalue weighted by Gasteiger charge is 2.22. The SMILES string of the molecule is CCn1cc(Cn2cc(NC(=O)c3ccc(Cn4nc(C(F)F)cc4C(F)F)o3)cn2)cn1. The Balaban J connectivity index is 1.40. The third-order valence-electron chi connectivity index (χ3n) is 4.71. The van der Waals surface area contributed by atoms with Gasteiger partial charge in [0, 0.05) is 24.5 Å². The molecule has 0 radical (unpaired) electrons. The molecule has 33 heavy (non-hydrogen) atoms. The van der Waals surface area contributed by atoms with Crippen LogP contribution in [-0.4, -0.2) is 35.2 Å². The molecule has 4 rings (SSSR count). The molecule has 0 aliphatic carbocycles. The summed E-state index contributed by atoms with van der Waals surface area (Å²) in [5, 5.41) is 14.5. The molecule has 4 heterocycles. The Hall–Kier alpha value is -3.90. The average molecular weight is 465 g/mol. The highest BCUT2D eigenvalue weighted by molar-refractivity contribution is 6.02. The molecule has 0 aromatic carbocycles. The first-order chi connectivity index (χ1) is 15.8. The van der Waals surface area contributed by atoms with E-state index < -0.39 is 30.1 Å². The molecule has 13 heteroatoms. The Morgan fingerprint density at radius 1 is 1.06 bits per heavy atom. The Morgan fingerprint density at radius 2 is 1.85 bits per heavy atom. The van der Waals surface area contributed by atoms with Crippen molar-refractivity contribution in [2.45, 2.75) is 39.4 Å². The lowest BCUT2D eigenvalue weighted by Crippen LogP contribution is -2.10. The predicted octanol–water partition coefficient (Wildman–Crippen LogP) is 4.11. The molecule has 0 aliphatic heterocycles. The molecule has 4 aromatic rings. The maximum Gasteiger partial charge on any atom is 0.291 e. The van der Waals surface area contributed by atoms with Gasteiger partial charge in [0.15, 0.2) is 5.76 Å². The third kappa shape index (κ3) is 5.13. The van der Waals surface area contributed by atoms with Gasteiger partial charge in [-0.15, -0.1) is 0 Å². The predicted molar refractivity (Wildman–Crippen MR) is 107 cm³/mol. The van der Waals surface area contributed by atoms with Crippen LogP contribution in [0.3, 0.4) is 0 Å². The number of hydrogen-bond donors (Lipinski definition) is 1. The maximum absolute atomic E-state index is 13.1. The van der Waals surface area contributed by atoms with Crippen LogP contribution in [0.5, 0.6) is 0 Å². The highest BCUT2D eigenvalue weighted by Crippen LogP contribution is 2.26. The quantitative estimate of drug-likeness (QED) is 0.376. The zero-order valence-corrected chi connectivity index (χ0v) is 17.3. The first-order valence-corrected chi connectivity index (χ1v) is 9.90. The smallest absolute Gasteiger partial charge is 0.291 e. The first kappa shape index (κ1) is 22.3. The Morgan fingerprint density at radius 3 is 2.55 bits per heavy atom. The van der Waals surface area contributed by atoms with Crippen molar-refractivity contribution in [1.82, 2.24) is 29.3 Å². The van der Waals surface area contributed by atoms with E-state index in [-0.39, 0.29) is 18.1 Å². The number of nitrogens with one attached hydrogen (secondary N) is 1. The van der Waals surface area contributed by atoms with Crippen LogP contribution in [0.25, 0.3) is 0 Å². The van der Waals surface area contributed by atoms with Crippen LogP contribution in [0.2, 0.25) is 0 Å². The van der Waals surface area contributed by atoms with Crippen LogP contribution < -0.4 is 5.32 Å². The van der Waals surface area contributed by atoms with Gasteiger partial charge in [0.2, 0.25) is 0 Å². The van der Waals surface area contributed by atoms with E-state index in [0.29, 0.717) is 18.3 Å². The number of carbonyl (C=O) groups is 1. The molecule has 1 amide bonds. The number of furan rings is 1. The second-order valence-corrected chi connectivity index (χ2v) is 7.10. The zero-order chi connectivity index (χ0) is 23.5. The number of halogens is 4. The second kappa shape index (κ2) is 9.30. The number of aryl methyl sites for hydroxylation is 1. The Kier molecular flexibility index (Phi) is 6.29. The standard InChI is InChI=1S/C20H19F4N7O2/c1-2-29-8-12(6-25-29)9-30-10-13(7-26-30)27-20(32)17-4-3-14(33-17)11-31-16(19(23)24)5-15(28-31)18(21)22/h3-8,10,18-19H,2,9,11H2,1H3,(H,27,32). The molecule has 0 spiro atoms. The van der Waals surface area contributed by atoms with Gasteiger partial charge in [-0.1, -0.05) is 0 Å². The van der Waals surface area contributed by atoms with Gasteiger partial charge in [-0.25, -0.2) is 17.6 Å². The number of amides is 1. The first-order valence-electron chi connectivity index (χ1n) is 9.90. The normalized spacial score (nSPS) is 11.6. The summed E-state index contributed by atoms with van der Waals surface area (Å²) in [6.45, 7) is 2.87. The van der Waals surface area contributed by atoms with Crippen LogP contribution in [-0.2, 0) is 19.6 Å². The zero-order valence-electron chi connectivity index (χ0n) is 17.3. The molecule has 0 aliphatic rings. The largest absolute Gasteiger partial charge is 0.454 e. The van der Waals surface area contributed by atoms with Crippen molar-refractivity contribution in [2.24, 2.45) is 0 Å². The van der Waals surface area contributed by atoms with E-state index in [9.17, 15) is 22.4 Å². The molecule has 0 fully saturated rings. The van der Waals surface area contributed by atoms with Gasteiger partial charge < -0.3 is 9.73 Å². The summed E-state index contributed by atoms with van der Waals surface area (Å²) in [7, 11) is 0. The van der Waals surface area contributed by atoms with Crippen molar-refractivity contribution in [3.63, 3.8) is 0 Å². The van der Waals surface area contributed by atoms with Crippen molar-refractivity contribution < 1.29 is 26.8 Å². The minimum absolute atomic E-state index is 0.0817. The molecular weight excluding hydrogens is 446 g/mol. The minimum Gasteiger partial charge on any atom is -0.454 e. The number of aromatic nitrogens is 6. The van der Waals surface area contributed by atoms with Gasteiger partial charge in [-0.05, 0) is 25.1 Å². The van der Waals surface area contributed by atoms with Gasteiger partial charge >= 0.3 is 0 Å². The van der Waals surface area contributed by atoms with Crippen molar-refractivity contribution in [3.8, 4) is 0 Å². The summed E-state index contributed by atoms with van der Waals surface area (Å²) in [5.41, 5.74) is -0.0433. The Bertz CT molecular complexity index is 1240. The molecular formula is C20H19F4N7O2. The minimum atomic E-state index is -2.99. The molecule has 9 nitrogen and oxygen atoms in total. The van der Waals surface area contributed by atoms with E-state index in [0.717, 1.165) is 16.8 Å². The van der Waals surface area contributed by atoms with Crippen molar-refractivity contribution in [2.75, 3.05) is 5.32 Å². The molecule has 0 atom stereocenters. The molecule has 0 saturated heterocycles. The number of nitrogens with zero attached hydrogens (tertiary/aromatic N) is 6. The summed E-state index contributed by atoms with van der Waals surface area (Å²) in [4.78, 5) is 12.5. The molecule has 0 bridgehead atoms. The molecule has 174 valence electrons. The highest BCUT2D eigenvalue weighted by atomic mass is 19.3. The van der Waals surface area contributed by atoms with E-state index in [1.54, 1.807) is 21.8 Å². The van der Waals surface area contributed by atoms with Crippen LogP contribution in [0.15, 0.2) is 47.4 Å². The maximum atomic E-state index is 13.1. The fourth-order valence-corrected chi connectivity index (χ4v) is 3.15. The summed E-state index contributed by atoms with van der Waals surface area (Å²) < 4.78 is 61.4. The molecule has 4 aromatic heterocycles. The summed E-state index contributed by atoms with van der Waals surface area (Å²) in [6.07, 6.45) is 0.762.